The normalized spacial score (nSPS) is 14.6. The molecule has 42 heavy (non-hydrogen) atoms. The van der Waals surface area contributed by atoms with Crippen LogP contribution in [0.2, 0.25) is 0 Å². The van der Waals surface area contributed by atoms with Gasteiger partial charge in [0.25, 0.3) is 23.6 Å². The van der Waals surface area contributed by atoms with Gasteiger partial charge in [0.1, 0.15) is 0 Å². The van der Waals surface area contributed by atoms with Gasteiger partial charge in [-0.2, -0.15) is 0 Å². The minimum Gasteiger partial charge on any atom is -0.315 e. The fraction of sp³-hybridized carbons (Fsp3) is 0.294. The van der Waals surface area contributed by atoms with E-state index in [9.17, 15) is 19.2 Å². The summed E-state index contributed by atoms with van der Waals surface area (Å²) in [6, 6.07) is 20.6. The van der Waals surface area contributed by atoms with E-state index in [4.69, 9.17) is 0 Å². The maximum absolute atomic E-state index is 13.2. The molecule has 4 aromatic carbocycles. The van der Waals surface area contributed by atoms with Gasteiger partial charge in [0.15, 0.2) is 0 Å². The molecule has 0 aromatic heterocycles. The Hall–Kier alpha value is -4.40. The quantitative estimate of drug-likeness (QED) is 0.205. The van der Waals surface area contributed by atoms with Crippen LogP contribution in [0.4, 0.5) is 0 Å². The highest BCUT2D eigenvalue weighted by Gasteiger charge is 2.34. The van der Waals surface area contributed by atoms with Crippen LogP contribution in [-0.4, -0.2) is 72.7 Å². The van der Waals surface area contributed by atoms with Gasteiger partial charge in [-0.15, -0.1) is 0 Å². The standard InChI is InChI=1S/C34H34N4O4/c1-21(2)23-13-14-28-30-24(23)9-5-12-27(30)33(41)38(34(28)42)20-18-36-16-6-15-35-17-19-37-31(39)25-10-3-7-22-8-4-11-26(29(22)25)32(37)40/h3-5,7-14,21,35-36H,6,15-20H2,1-2H3. The molecule has 6 rings (SSSR count). The summed E-state index contributed by atoms with van der Waals surface area (Å²) in [7, 11) is 0. The molecule has 0 aliphatic carbocycles. The van der Waals surface area contributed by atoms with E-state index in [-0.39, 0.29) is 23.6 Å². The van der Waals surface area contributed by atoms with E-state index in [0.29, 0.717) is 67.4 Å². The fourth-order valence-corrected chi connectivity index (χ4v) is 6.13. The van der Waals surface area contributed by atoms with Gasteiger partial charge < -0.3 is 10.6 Å². The van der Waals surface area contributed by atoms with E-state index in [2.05, 4.69) is 24.5 Å². The second kappa shape index (κ2) is 11.5. The van der Waals surface area contributed by atoms with Crippen molar-refractivity contribution in [2.24, 2.45) is 0 Å². The number of carbonyl (C=O) groups is 4. The topological polar surface area (TPSA) is 98.8 Å². The molecule has 0 atom stereocenters. The summed E-state index contributed by atoms with van der Waals surface area (Å²) < 4.78 is 0. The smallest absolute Gasteiger partial charge is 0.261 e. The number of hydrogen-bond donors (Lipinski definition) is 2. The third kappa shape index (κ3) is 4.76. The first-order chi connectivity index (χ1) is 20.4. The van der Waals surface area contributed by atoms with Gasteiger partial charge in [0.05, 0.1) is 0 Å². The van der Waals surface area contributed by atoms with E-state index < -0.39 is 0 Å². The van der Waals surface area contributed by atoms with Crippen LogP contribution in [0.3, 0.4) is 0 Å². The van der Waals surface area contributed by atoms with Crippen LogP contribution in [0, 0.1) is 0 Å². The summed E-state index contributed by atoms with van der Waals surface area (Å²) in [5.74, 6) is -0.715. The SMILES string of the molecule is CC(C)c1ccc2c3c(cccc13)C(=O)N(CCNCCCNCCN1C(=O)c3cccc4cccc(c34)C1=O)C2=O. The van der Waals surface area contributed by atoms with Crippen LogP contribution < -0.4 is 10.6 Å². The Labute approximate surface area is 244 Å². The lowest BCUT2D eigenvalue weighted by Crippen LogP contribution is -2.44. The van der Waals surface area contributed by atoms with Gasteiger partial charge in [-0.25, -0.2) is 0 Å². The maximum atomic E-state index is 13.2. The van der Waals surface area contributed by atoms with Crippen molar-refractivity contribution in [3.05, 3.63) is 94.5 Å². The molecule has 0 radical (unpaired) electrons. The Morgan fingerprint density at radius 2 is 1.05 bits per heavy atom. The first-order valence-electron chi connectivity index (χ1n) is 14.6. The zero-order valence-corrected chi connectivity index (χ0v) is 23.9. The van der Waals surface area contributed by atoms with Crippen molar-refractivity contribution in [3.63, 3.8) is 0 Å². The molecular formula is C34H34N4O4. The monoisotopic (exact) mass is 562 g/mol. The number of benzene rings is 4. The Balaban J connectivity index is 0.954. The van der Waals surface area contributed by atoms with Crippen LogP contribution in [-0.2, 0) is 0 Å². The molecule has 0 unspecified atom stereocenters. The molecule has 2 N–H and O–H groups in total. The van der Waals surface area contributed by atoms with Gasteiger partial charge in [0.2, 0.25) is 0 Å². The first kappa shape index (κ1) is 27.8. The fourth-order valence-electron chi connectivity index (χ4n) is 6.13. The third-order valence-corrected chi connectivity index (χ3v) is 8.23. The van der Waals surface area contributed by atoms with E-state index in [1.54, 1.807) is 18.2 Å². The molecule has 0 saturated carbocycles. The number of carbonyl (C=O) groups excluding carboxylic acids is 4. The Bertz CT molecular complexity index is 1670. The molecular weight excluding hydrogens is 528 g/mol. The predicted molar refractivity (Wildman–Crippen MR) is 163 cm³/mol. The summed E-state index contributed by atoms with van der Waals surface area (Å²) in [6.07, 6.45) is 0.812. The van der Waals surface area contributed by atoms with Crippen molar-refractivity contribution in [2.75, 3.05) is 39.3 Å². The third-order valence-electron chi connectivity index (χ3n) is 8.23. The lowest BCUT2D eigenvalue weighted by molar-refractivity contribution is 0.0597. The summed E-state index contributed by atoms with van der Waals surface area (Å²) in [6.45, 7) is 7.20. The van der Waals surface area contributed by atoms with Gasteiger partial charge in [-0.1, -0.05) is 56.3 Å². The van der Waals surface area contributed by atoms with Crippen LogP contribution in [0.1, 0.15) is 73.2 Å². The Morgan fingerprint density at radius 3 is 1.57 bits per heavy atom. The van der Waals surface area contributed by atoms with Crippen molar-refractivity contribution < 1.29 is 19.2 Å². The molecule has 0 fully saturated rings. The van der Waals surface area contributed by atoms with Crippen molar-refractivity contribution in [2.45, 2.75) is 26.2 Å². The molecule has 0 bridgehead atoms. The number of imide groups is 2. The van der Waals surface area contributed by atoms with E-state index in [0.717, 1.165) is 33.5 Å². The molecule has 8 heteroatoms. The Kier molecular flexibility index (Phi) is 7.58. The molecule has 4 aromatic rings. The van der Waals surface area contributed by atoms with E-state index in [1.807, 2.05) is 48.5 Å². The number of amides is 4. The lowest BCUT2D eigenvalue weighted by atomic mass is 9.88. The predicted octanol–water partition coefficient (Wildman–Crippen LogP) is 4.58. The summed E-state index contributed by atoms with van der Waals surface area (Å²) in [5, 5.41) is 10.00. The van der Waals surface area contributed by atoms with Crippen LogP contribution in [0.25, 0.3) is 21.5 Å². The highest BCUT2D eigenvalue weighted by molar-refractivity contribution is 6.26. The molecule has 2 heterocycles. The molecule has 214 valence electrons. The zero-order valence-electron chi connectivity index (χ0n) is 23.9. The average Bonchev–Trinajstić information content (AvgIpc) is 3.00. The molecule has 2 aliphatic rings. The second-order valence-electron chi connectivity index (χ2n) is 11.2. The lowest BCUT2D eigenvalue weighted by Gasteiger charge is -2.28. The van der Waals surface area contributed by atoms with Gasteiger partial charge in [-0.3, -0.25) is 29.0 Å². The van der Waals surface area contributed by atoms with Crippen LogP contribution in [0.15, 0.2) is 66.7 Å². The van der Waals surface area contributed by atoms with Crippen molar-refractivity contribution in [1.29, 1.82) is 0 Å². The molecule has 2 aliphatic heterocycles. The van der Waals surface area contributed by atoms with Gasteiger partial charge >= 0.3 is 0 Å². The number of nitrogens with one attached hydrogen (secondary N) is 2. The van der Waals surface area contributed by atoms with Crippen molar-refractivity contribution in [3.8, 4) is 0 Å². The highest BCUT2D eigenvalue weighted by atomic mass is 16.2. The average molecular weight is 563 g/mol. The number of nitrogens with zero attached hydrogens (tertiary/aromatic N) is 2. The molecule has 0 spiro atoms. The van der Waals surface area contributed by atoms with Gasteiger partial charge in [-0.05, 0) is 66.0 Å². The summed E-state index contributed by atoms with van der Waals surface area (Å²) in [4.78, 5) is 55.2. The van der Waals surface area contributed by atoms with Gasteiger partial charge in [0, 0.05) is 59.2 Å². The number of hydrogen-bond acceptors (Lipinski definition) is 6. The Morgan fingerprint density at radius 1 is 0.571 bits per heavy atom. The summed E-state index contributed by atoms with van der Waals surface area (Å²) in [5.41, 5.74) is 3.44. The first-order valence-corrected chi connectivity index (χ1v) is 14.6. The summed E-state index contributed by atoms with van der Waals surface area (Å²) >= 11 is 0. The zero-order chi connectivity index (χ0) is 29.4. The van der Waals surface area contributed by atoms with Crippen LogP contribution in [0.5, 0.6) is 0 Å². The van der Waals surface area contributed by atoms with Crippen molar-refractivity contribution in [1.82, 2.24) is 20.4 Å². The van der Waals surface area contributed by atoms with Crippen molar-refractivity contribution >= 4 is 45.2 Å². The molecule has 8 nitrogen and oxygen atoms in total. The largest absolute Gasteiger partial charge is 0.315 e. The molecule has 0 saturated heterocycles. The molecule has 4 amide bonds. The minimum atomic E-state index is -0.256. The second-order valence-corrected chi connectivity index (χ2v) is 11.2. The van der Waals surface area contributed by atoms with E-state index in [1.165, 1.54) is 9.80 Å². The number of rotatable bonds is 11. The highest BCUT2D eigenvalue weighted by Crippen LogP contribution is 2.34. The minimum absolute atomic E-state index is 0.247. The van der Waals surface area contributed by atoms with E-state index >= 15 is 0 Å². The van der Waals surface area contributed by atoms with Crippen LogP contribution >= 0.6 is 0 Å². The maximum Gasteiger partial charge on any atom is 0.261 e.